The minimum atomic E-state index is -0.106. The van der Waals surface area contributed by atoms with Crippen molar-refractivity contribution in [3.63, 3.8) is 0 Å². The molecule has 0 amide bonds. The van der Waals surface area contributed by atoms with Crippen LogP contribution in [0.3, 0.4) is 0 Å². The van der Waals surface area contributed by atoms with Crippen LogP contribution in [0.25, 0.3) is 0 Å². The quantitative estimate of drug-likeness (QED) is 0.729. The largest absolute Gasteiger partial charge is 0.381 e. The summed E-state index contributed by atoms with van der Waals surface area (Å²) in [6.45, 7) is 8.18. The van der Waals surface area contributed by atoms with Gasteiger partial charge in [0.05, 0.1) is 6.61 Å². The van der Waals surface area contributed by atoms with Gasteiger partial charge in [0.2, 0.25) is 0 Å². The highest BCUT2D eigenvalue weighted by Crippen LogP contribution is 2.27. The van der Waals surface area contributed by atoms with Gasteiger partial charge in [0.1, 0.15) is 5.72 Å². The molecule has 0 aromatic carbocycles. The Bertz CT molecular complexity index is 182. The molecule has 3 heteroatoms. The molecule has 0 aromatic heterocycles. The van der Waals surface area contributed by atoms with Gasteiger partial charge in [-0.1, -0.05) is 6.92 Å². The molecule has 0 saturated carbocycles. The standard InChI is InChI=1S/C11H21NO2/c1-9-6-12-11(2,14-7-9)5-10-3-4-13-8-10/h9-10,12H,3-8H2,1-2H3. The van der Waals surface area contributed by atoms with Crippen LogP contribution >= 0.6 is 0 Å². The highest BCUT2D eigenvalue weighted by atomic mass is 16.5. The van der Waals surface area contributed by atoms with Crippen molar-refractivity contribution < 1.29 is 9.47 Å². The van der Waals surface area contributed by atoms with Crippen LogP contribution in [0.15, 0.2) is 0 Å². The molecule has 2 fully saturated rings. The third-order valence-electron chi connectivity index (χ3n) is 3.21. The summed E-state index contributed by atoms with van der Waals surface area (Å²) < 4.78 is 11.3. The Morgan fingerprint density at radius 3 is 2.86 bits per heavy atom. The first-order valence-electron chi connectivity index (χ1n) is 5.65. The summed E-state index contributed by atoms with van der Waals surface area (Å²) in [5.41, 5.74) is -0.106. The fourth-order valence-electron chi connectivity index (χ4n) is 2.25. The number of rotatable bonds is 2. The predicted molar refractivity (Wildman–Crippen MR) is 55.1 cm³/mol. The van der Waals surface area contributed by atoms with E-state index in [1.165, 1.54) is 6.42 Å². The summed E-state index contributed by atoms with van der Waals surface area (Å²) in [5.74, 6) is 1.32. The molecule has 2 heterocycles. The van der Waals surface area contributed by atoms with E-state index in [9.17, 15) is 0 Å². The topological polar surface area (TPSA) is 30.5 Å². The summed E-state index contributed by atoms with van der Waals surface area (Å²) in [6.07, 6.45) is 2.27. The van der Waals surface area contributed by atoms with Gasteiger partial charge in [-0.2, -0.15) is 0 Å². The molecule has 0 aliphatic carbocycles. The van der Waals surface area contributed by atoms with Gasteiger partial charge < -0.3 is 9.47 Å². The Hall–Kier alpha value is -0.120. The zero-order valence-corrected chi connectivity index (χ0v) is 9.21. The van der Waals surface area contributed by atoms with Crippen molar-refractivity contribution >= 4 is 0 Å². The van der Waals surface area contributed by atoms with Crippen molar-refractivity contribution in [2.24, 2.45) is 11.8 Å². The molecule has 3 unspecified atom stereocenters. The van der Waals surface area contributed by atoms with E-state index in [0.29, 0.717) is 11.8 Å². The molecule has 0 radical (unpaired) electrons. The maximum atomic E-state index is 5.87. The Morgan fingerprint density at radius 2 is 2.29 bits per heavy atom. The van der Waals surface area contributed by atoms with E-state index in [4.69, 9.17) is 9.47 Å². The van der Waals surface area contributed by atoms with Crippen molar-refractivity contribution in [3.05, 3.63) is 0 Å². The molecular formula is C11H21NO2. The molecule has 0 bridgehead atoms. The van der Waals surface area contributed by atoms with Crippen LogP contribution < -0.4 is 5.32 Å². The molecule has 2 aliphatic rings. The lowest BCUT2D eigenvalue weighted by atomic mass is 9.95. The summed E-state index contributed by atoms with van der Waals surface area (Å²) in [5, 5.41) is 3.49. The Labute approximate surface area is 86.2 Å². The molecular weight excluding hydrogens is 178 g/mol. The molecule has 3 atom stereocenters. The van der Waals surface area contributed by atoms with Crippen molar-refractivity contribution in [3.8, 4) is 0 Å². The van der Waals surface area contributed by atoms with E-state index >= 15 is 0 Å². The molecule has 2 saturated heterocycles. The zero-order valence-electron chi connectivity index (χ0n) is 9.21. The minimum absolute atomic E-state index is 0.106. The van der Waals surface area contributed by atoms with Gasteiger partial charge in [0, 0.05) is 19.8 Å². The third-order valence-corrected chi connectivity index (χ3v) is 3.21. The zero-order chi connectivity index (χ0) is 10.0. The van der Waals surface area contributed by atoms with E-state index < -0.39 is 0 Å². The Kier molecular flexibility index (Phi) is 3.10. The van der Waals surface area contributed by atoms with Crippen LogP contribution in [0, 0.1) is 11.8 Å². The van der Waals surface area contributed by atoms with Crippen molar-refractivity contribution in [1.29, 1.82) is 0 Å². The average Bonchev–Trinajstić information content (AvgIpc) is 2.63. The van der Waals surface area contributed by atoms with E-state index in [-0.39, 0.29) is 5.72 Å². The van der Waals surface area contributed by atoms with Gasteiger partial charge in [-0.05, 0) is 31.6 Å². The third kappa shape index (κ3) is 2.47. The molecule has 2 aliphatic heterocycles. The van der Waals surface area contributed by atoms with Crippen LogP contribution in [0.2, 0.25) is 0 Å². The molecule has 2 rings (SSSR count). The van der Waals surface area contributed by atoms with E-state index in [1.807, 2.05) is 0 Å². The maximum Gasteiger partial charge on any atom is 0.116 e. The second kappa shape index (κ2) is 4.17. The van der Waals surface area contributed by atoms with Crippen LogP contribution in [0.4, 0.5) is 0 Å². The lowest BCUT2D eigenvalue weighted by molar-refractivity contribution is -0.113. The number of hydrogen-bond acceptors (Lipinski definition) is 3. The lowest BCUT2D eigenvalue weighted by Gasteiger charge is -2.39. The molecule has 14 heavy (non-hydrogen) atoms. The number of nitrogens with one attached hydrogen (secondary N) is 1. The van der Waals surface area contributed by atoms with Crippen LogP contribution in [-0.4, -0.2) is 32.1 Å². The Balaban J connectivity index is 1.82. The summed E-state index contributed by atoms with van der Waals surface area (Å²) >= 11 is 0. The molecule has 82 valence electrons. The van der Waals surface area contributed by atoms with Gasteiger partial charge in [-0.3, -0.25) is 5.32 Å². The molecule has 1 N–H and O–H groups in total. The predicted octanol–water partition coefficient (Wildman–Crippen LogP) is 1.39. The van der Waals surface area contributed by atoms with Gasteiger partial charge >= 0.3 is 0 Å². The van der Waals surface area contributed by atoms with Crippen LogP contribution in [0.1, 0.15) is 26.7 Å². The molecule has 0 aromatic rings. The normalized spacial score (nSPS) is 44.1. The monoisotopic (exact) mass is 199 g/mol. The second-order valence-corrected chi connectivity index (χ2v) is 4.96. The van der Waals surface area contributed by atoms with Crippen LogP contribution in [0.5, 0.6) is 0 Å². The van der Waals surface area contributed by atoms with Gasteiger partial charge in [-0.25, -0.2) is 0 Å². The van der Waals surface area contributed by atoms with Gasteiger partial charge in [0.15, 0.2) is 0 Å². The summed E-state index contributed by atoms with van der Waals surface area (Å²) in [4.78, 5) is 0. The first-order valence-corrected chi connectivity index (χ1v) is 5.65. The van der Waals surface area contributed by atoms with E-state index in [0.717, 1.165) is 32.8 Å². The lowest BCUT2D eigenvalue weighted by Crippen LogP contribution is -2.53. The first kappa shape index (κ1) is 10.4. The average molecular weight is 199 g/mol. The highest BCUT2D eigenvalue weighted by Gasteiger charge is 2.33. The van der Waals surface area contributed by atoms with Crippen molar-refractivity contribution in [2.45, 2.75) is 32.4 Å². The van der Waals surface area contributed by atoms with Gasteiger partial charge in [0.25, 0.3) is 0 Å². The van der Waals surface area contributed by atoms with Gasteiger partial charge in [-0.15, -0.1) is 0 Å². The minimum Gasteiger partial charge on any atom is -0.381 e. The highest BCUT2D eigenvalue weighted by molar-refractivity contribution is 4.82. The smallest absolute Gasteiger partial charge is 0.116 e. The second-order valence-electron chi connectivity index (χ2n) is 4.96. The SMILES string of the molecule is CC1CNC(C)(CC2CCOC2)OC1. The first-order chi connectivity index (χ1) is 6.68. The van der Waals surface area contributed by atoms with Crippen molar-refractivity contribution in [2.75, 3.05) is 26.4 Å². The summed E-state index contributed by atoms with van der Waals surface area (Å²) in [6, 6.07) is 0. The fourth-order valence-corrected chi connectivity index (χ4v) is 2.25. The number of ether oxygens (including phenoxy) is 2. The molecule has 0 spiro atoms. The summed E-state index contributed by atoms with van der Waals surface area (Å²) in [7, 11) is 0. The Morgan fingerprint density at radius 1 is 1.43 bits per heavy atom. The molecule has 3 nitrogen and oxygen atoms in total. The fraction of sp³-hybridized carbons (Fsp3) is 1.00. The number of hydrogen-bond donors (Lipinski definition) is 1. The maximum absolute atomic E-state index is 5.87. The van der Waals surface area contributed by atoms with Crippen molar-refractivity contribution in [1.82, 2.24) is 5.32 Å². The van der Waals surface area contributed by atoms with Crippen LogP contribution in [-0.2, 0) is 9.47 Å². The van der Waals surface area contributed by atoms with E-state index in [2.05, 4.69) is 19.2 Å². The van der Waals surface area contributed by atoms with E-state index in [1.54, 1.807) is 0 Å².